The van der Waals surface area contributed by atoms with Gasteiger partial charge in [-0.05, 0) is 121 Å². The first-order valence-electron chi connectivity index (χ1n) is 19.8. The minimum Gasteiger partial charge on any atom is -0.310 e. The average molecular weight is 746 g/mol. The zero-order chi connectivity index (χ0) is 38.1. The molecule has 0 radical (unpaired) electrons. The van der Waals surface area contributed by atoms with Crippen molar-refractivity contribution in [1.82, 2.24) is 0 Å². The molecule has 0 aliphatic heterocycles. The van der Waals surface area contributed by atoms with Gasteiger partial charge in [-0.2, -0.15) is 0 Å². The number of nitrogens with zero attached hydrogens (tertiary/aromatic N) is 1. The molecule has 0 N–H and O–H groups in total. The first-order valence-corrected chi connectivity index (χ1v) is 20.6. The summed E-state index contributed by atoms with van der Waals surface area (Å²) in [6, 6.07) is 73.8. The highest BCUT2D eigenvalue weighted by molar-refractivity contribution is 7.25. The lowest BCUT2D eigenvalue weighted by Crippen LogP contribution is -2.16. The van der Waals surface area contributed by atoms with Crippen LogP contribution in [0.25, 0.3) is 75.5 Å². The van der Waals surface area contributed by atoms with E-state index >= 15 is 0 Å². The van der Waals surface area contributed by atoms with Gasteiger partial charge < -0.3 is 4.90 Å². The van der Waals surface area contributed by atoms with Crippen LogP contribution in [0.3, 0.4) is 0 Å². The standard InChI is InChI=1S/C55H39NS/c1-55(2)50-21-7-5-17-47(50)48-33-32-43(35-51(48)55)56(42-30-26-38(27-31-42)46-20-11-23-53-54(46)49-18-6-8-22-52(49)57-53)41-28-24-36(25-29-41)39-14-9-15-40(34-39)45-19-10-13-37-12-3-4-16-44(37)45/h3-35H,1-2H3. The second-order valence-corrected chi connectivity index (χ2v) is 16.8. The quantitative estimate of drug-likeness (QED) is 0.164. The zero-order valence-corrected chi connectivity index (χ0v) is 32.7. The van der Waals surface area contributed by atoms with Gasteiger partial charge in [0.25, 0.3) is 0 Å². The van der Waals surface area contributed by atoms with E-state index in [4.69, 9.17) is 0 Å². The minimum absolute atomic E-state index is 0.0988. The van der Waals surface area contributed by atoms with Gasteiger partial charge in [0.05, 0.1) is 0 Å². The number of anilines is 3. The van der Waals surface area contributed by atoms with E-state index in [1.807, 2.05) is 11.3 Å². The maximum absolute atomic E-state index is 2.42. The Labute approximate surface area is 337 Å². The van der Waals surface area contributed by atoms with E-state index in [-0.39, 0.29) is 5.41 Å². The van der Waals surface area contributed by atoms with Crippen LogP contribution < -0.4 is 4.90 Å². The summed E-state index contributed by atoms with van der Waals surface area (Å²) in [6.07, 6.45) is 0. The summed E-state index contributed by atoms with van der Waals surface area (Å²) >= 11 is 1.87. The lowest BCUT2D eigenvalue weighted by atomic mass is 9.82. The van der Waals surface area contributed by atoms with Gasteiger partial charge in [0.2, 0.25) is 0 Å². The highest BCUT2D eigenvalue weighted by Gasteiger charge is 2.35. The van der Waals surface area contributed by atoms with Gasteiger partial charge in [0, 0.05) is 42.6 Å². The molecule has 0 saturated carbocycles. The fourth-order valence-corrected chi connectivity index (χ4v) is 10.4. The maximum atomic E-state index is 2.42. The van der Waals surface area contributed by atoms with E-state index in [2.05, 4.69) is 219 Å². The molecule has 0 bridgehead atoms. The Morgan fingerprint density at radius 2 is 0.947 bits per heavy atom. The molecule has 1 heterocycles. The molecule has 57 heavy (non-hydrogen) atoms. The molecule has 0 saturated heterocycles. The van der Waals surface area contributed by atoms with Gasteiger partial charge >= 0.3 is 0 Å². The summed E-state index contributed by atoms with van der Waals surface area (Å²) in [6.45, 7) is 4.72. The highest BCUT2D eigenvalue weighted by atomic mass is 32.1. The molecule has 0 unspecified atom stereocenters. The molecule has 11 rings (SSSR count). The van der Waals surface area contributed by atoms with E-state index in [1.165, 1.54) is 86.6 Å². The molecule has 1 nitrogen and oxygen atoms in total. The number of fused-ring (bicyclic) bond motifs is 7. The molecule has 1 aliphatic carbocycles. The van der Waals surface area contributed by atoms with Crippen LogP contribution in [-0.2, 0) is 5.41 Å². The Balaban J connectivity index is 1.01. The van der Waals surface area contributed by atoms with Crippen molar-refractivity contribution in [2.24, 2.45) is 0 Å². The lowest BCUT2D eigenvalue weighted by Gasteiger charge is -2.28. The predicted octanol–water partition coefficient (Wildman–Crippen LogP) is 16.0. The van der Waals surface area contributed by atoms with Crippen molar-refractivity contribution in [3.05, 3.63) is 211 Å². The third-order valence-corrected chi connectivity index (χ3v) is 13.2. The van der Waals surface area contributed by atoms with Gasteiger partial charge in [-0.3, -0.25) is 0 Å². The van der Waals surface area contributed by atoms with Crippen LogP contribution in [0.5, 0.6) is 0 Å². The molecule has 0 amide bonds. The largest absolute Gasteiger partial charge is 0.310 e. The molecular formula is C55H39NS. The van der Waals surface area contributed by atoms with Crippen LogP contribution in [0, 0.1) is 0 Å². The second kappa shape index (κ2) is 13.2. The normalized spacial score (nSPS) is 12.9. The van der Waals surface area contributed by atoms with E-state index in [0.717, 1.165) is 17.1 Å². The Hall–Kier alpha value is -6.74. The van der Waals surface area contributed by atoms with Gasteiger partial charge in [-0.25, -0.2) is 0 Å². The van der Waals surface area contributed by atoms with E-state index in [1.54, 1.807) is 0 Å². The molecule has 0 fully saturated rings. The summed E-state index contributed by atoms with van der Waals surface area (Å²) in [7, 11) is 0. The molecule has 9 aromatic carbocycles. The Bertz CT molecular complexity index is 3140. The van der Waals surface area contributed by atoms with Gasteiger partial charge in [-0.1, -0.05) is 159 Å². The second-order valence-electron chi connectivity index (χ2n) is 15.7. The summed E-state index contributed by atoms with van der Waals surface area (Å²) < 4.78 is 2.65. The van der Waals surface area contributed by atoms with Gasteiger partial charge in [-0.15, -0.1) is 11.3 Å². The number of thiophene rings is 1. The third-order valence-electron chi connectivity index (χ3n) is 12.1. The minimum atomic E-state index is -0.0988. The summed E-state index contributed by atoms with van der Waals surface area (Å²) in [5.41, 5.74) is 16.1. The van der Waals surface area contributed by atoms with Crippen LogP contribution in [0.15, 0.2) is 200 Å². The van der Waals surface area contributed by atoms with Crippen LogP contribution in [0.1, 0.15) is 25.0 Å². The monoisotopic (exact) mass is 745 g/mol. The molecular weight excluding hydrogens is 707 g/mol. The van der Waals surface area contributed by atoms with E-state index in [0.29, 0.717) is 0 Å². The van der Waals surface area contributed by atoms with Crippen molar-refractivity contribution in [3.63, 3.8) is 0 Å². The van der Waals surface area contributed by atoms with Crippen molar-refractivity contribution in [2.45, 2.75) is 19.3 Å². The molecule has 0 spiro atoms. The molecule has 1 aliphatic rings. The summed E-state index contributed by atoms with van der Waals surface area (Å²) in [5.74, 6) is 0. The third kappa shape index (κ3) is 5.51. The fourth-order valence-electron chi connectivity index (χ4n) is 9.23. The predicted molar refractivity (Wildman–Crippen MR) is 245 cm³/mol. The number of rotatable bonds is 6. The highest BCUT2D eigenvalue weighted by Crippen LogP contribution is 2.51. The van der Waals surface area contributed by atoms with Crippen molar-refractivity contribution in [3.8, 4) is 44.5 Å². The SMILES string of the molecule is CC1(C)c2ccccc2-c2ccc(N(c3ccc(-c4cccc(-c5cccc6ccccc56)c4)cc3)c3ccc(-c4cccc5sc6ccccc6c45)cc3)cc21. The van der Waals surface area contributed by atoms with Crippen molar-refractivity contribution < 1.29 is 0 Å². The smallest absolute Gasteiger partial charge is 0.0465 e. The lowest BCUT2D eigenvalue weighted by molar-refractivity contribution is 0.660. The molecule has 270 valence electrons. The Morgan fingerprint density at radius 3 is 1.79 bits per heavy atom. The maximum Gasteiger partial charge on any atom is 0.0465 e. The first-order chi connectivity index (χ1) is 28.0. The van der Waals surface area contributed by atoms with Crippen molar-refractivity contribution in [1.29, 1.82) is 0 Å². The zero-order valence-electron chi connectivity index (χ0n) is 31.9. The van der Waals surface area contributed by atoms with Crippen molar-refractivity contribution >= 4 is 59.3 Å². The average Bonchev–Trinajstić information content (AvgIpc) is 3.76. The van der Waals surface area contributed by atoms with Crippen LogP contribution in [0.2, 0.25) is 0 Å². The number of hydrogen-bond donors (Lipinski definition) is 0. The summed E-state index contributed by atoms with van der Waals surface area (Å²) in [4.78, 5) is 2.42. The van der Waals surface area contributed by atoms with Crippen LogP contribution >= 0.6 is 11.3 Å². The van der Waals surface area contributed by atoms with E-state index in [9.17, 15) is 0 Å². The molecule has 10 aromatic rings. The molecule has 0 atom stereocenters. The Morgan fingerprint density at radius 1 is 0.368 bits per heavy atom. The van der Waals surface area contributed by atoms with Crippen LogP contribution in [0.4, 0.5) is 17.1 Å². The fraction of sp³-hybridized carbons (Fsp3) is 0.0545. The van der Waals surface area contributed by atoms with Crippen molar-refractivity contribution in [2.75, 3.05) is 4.90 Å². The Kier molecular flexibility index (Phi) is 7.77. The molecule has 1 aromatic heterocycles. The first kappa shape index (κ1) is 33.6. The van der Waals surface area contributed by atoms with Gasteiger partial charge in [0.1, 0.15) is 0 Å². The molecule has 2 heteroatoms. The van der Waals surface area contributed by atoms with Gasteiger partial charge in [0.15, 0.2) is 0 Å². The number of hydrogen-bond acceptors (Lipinski definition) is 2. The topological polar surface area (TPSA) is 3.24 Å². The summed E-state index contributed by atoms with van der Waals surface area (Å²) in [5, 5.41) is 5.19. The number of benzene rings is 9. The van der Waals surface area contributed by atoms with E-state index < -0.39 is 0 Å². The van der Waals surface area contributed by atoms with Crippen LogP contribution in [-0.4, -0.2) is 0 Å².